The van der Waals surface area contributed by atoms with Crippen LogP contribution < -0.4 is 0 Å². The number of aromatic hydroxyl groups is 1. The van der Waals surface area contributed by atoms with E-state index in [2.05, 4.69) is 4.98 Å². The summed E-state index contributed by atoms with van der Waals surface area (Å²) in [5, 5.41) is 9.52. The Balaban J connectivity index is 1.94. The molecule has 0 fully saturated rings. The van der Waals surface area contributed by atoms with Crippen LogP contribution in [-0.2, 0) is 0 Å². The smallest absolute Gasteiger partial charge is 0.228 e. The number of imidazole rings is 1. The van der Waals surface area contributed by atoms with Crippen LogP contribution in [0.1, 0.15) is 16.2 Å². The van der Waals surface area contributed by atoms with Gasteiger partial charge in [-0.25, -0.2) is 9.37 Å². The highest BCUT2D eigenvalue weighted by Crippen LogP contribution is 2.24. The number of carbonyl (C=O) groups is 1. The van der Waals surface area contributed by atoms with Gasteiger partial charge in [-0.3, -0.25) is 9.36 Å². The minimum Gasteiger partial charge on any atom is -0.508 e. The average molecular weight is 332 g/mol. The number of hydrogen-bond acceptors (Lipinski definition) is 3. The molecule has 0 aliphatic heterocycles. The number of rotatable bonds is 3. The average Bonchev–Trinajstić information content (AvgIpc) is 3.02. The number of para-hydroxylation sites is 2. The Kier molecular flexibility index (Phi) is 3.54. The van der Waals surface area contributed by atoms with Crippen LogP contribution in [0, 0.1) is 5.82 Å². The molecule has 4 aromatic rings. The SMILES string of the molecule is O=C(c1ccc(F)cc1)c1nc2ccccc2n1-c1ccc(O)cc1. The molecule has 1 aromatic heterocycles. The number of aromatic nitrogens is 2. The molecule has 1 heterocycles. The third-order valence-corrected chi connectivity index (χ3v) is 3.98. The molecule has 4 nitrogen and oxygen atoms in total. The lowest BCUT2D eigenvalue weighted by Crippen LogP contribution is -2.10. The second-order valence-electron chi connectivity index (χ2n) is 5.61. The number of benzene rings is 3. The largest absolute Gasteiger partial charge is 0.508 e. The van der Waals surface area contributed by atoms with E-state index in [1.54, 1.807) is 28.8 Å². The standard InChI is InChI=1S/C20H13FN2O2/c21-14-7-5-13(6-8-14)19(25)20-22-17-3-1-2-4-18(17)23(20)15-9-11-16(24)12-10-15/h1-12,24H. The fourth-order valence-corrected chi connectivity index (χ4v) is 2.77. The Morgan fingerprint density at radius 3 is 2.32 bits per heavy atom. The minimum absolute atomic E-state index is 0.139. The van der Waals surface area contributed by atoms with Crippen LogP contribution in [0.4, 0.5) is 4.39 Å². The first-order chi connectivity index (χ1) is 12.1. The Morgan fingerprint density at radius 1 is 0.920 bits per heavy atom. The number of ketones is 1. The second-order valence-corrected chi connectivity index (χ2v) is 5.61. The van der Waals surface area contributed by atoms with Crippen LogP contribution in [0.5, 0.6) is 5.75 Å². The molecule has 0 amide bonds. The zero-order valence-corrected chi connectivity index (χ0v) is 13.1. The molecule has 0 saturated heterocycles. The third-order valence-electron chi connectivity index (χ3n) is 3.98. The summed E-state index contributed by atoms with van der Waals surface area (Å²) in [6.07, 6.45) is 0. The molecule has 122 valence electrons. The lowest BCUT2D eigenvalue weighted by molar-refractivity contribution is 0.102. The predicted molar refractivity (Wildman–Crippen MR) is 92.6 cm³/mol. The van der Waals surface area contributed by atoms with Gasteiger partial charge in [0, 0.05) is 11.3 Å². The Morgan fingerprint density at radius 2 is 1.60 bits per heavy atom. The van der Waals surface area contributed by atoms with E-state index in [1.807, 2.05) is 24.3 Å². The summed E-state index contributed by atoms with van der Waals surface area (Å²) in [4.78, 5) is 17.4. The highest BCUT2D eigenvalue weighted by Gasteiger charge is 2.20. The summed E-state index contributed by atoms with van der Waals surface area (Å²) in [6, 6.07) is 19.3. The van der Waals surface area contributed by atoms with Gasteiger partial charge in [0.2, 0.25) is 5.78 Å². The minimum atomic E-state index is -0.399. The van der Waals surface area contributed by atoms with Gasteiger partial charge in [-0.05, 0) is 60.7 Å². The number of fused-ring (bicyclic) bond motifs is 1. The topological polar surface area (TPSA) is 55.1 Å². The quantitative estimate of drug-likeness (QED) is 0.575. The van der Waals surface area contributed by atoms with Gasteiger partial charge in [-0.15, -0.1) is 0 Å². The van der Waals surface area contributed by atoms with E-state index in [-0.39, 0.29) is 17.4 Å². The molecule has 5 heteroatoms. The molecular weight excluding hydrogens is 319 g/mol. The molecule has 4 rings (SSSR count). The van der Waals surface area contributed by atoms with Gasteiger partial charge >= 0.3 is 0 Å². The van der Waals surface area contributed by atoms with E-state index in [4.69, 9.17) is 0 Å². The van der Waals surface area contributed by atoms with Crippen LogP contribution in [-0.4, -0.2) is 20.4 Å². The lowest BCUT2D eigenvalue weighted by Gasteiger charge is -2.09. The first kappa shape index (κ1) is 15.1. The Labute approximate surface area is 142 Å². The summed E-state index contributed by atoms with van der Waals surface area (Å²) < 4.78 is 14.9. The van der Waals surface area contributed by atoms with Crippen molar-refractivity contribution in [1.82, 2.24) is 9.55 Å². The van der Waals surface area contributed by atoms with Gasteiger partial charge in [0.1, 0.15) is 11.6 Å². The number of nitrogens with zero attached hydrogens (tertiary/aromatic N) is 2. The summed E-state index contributed by atoms with van der Waals surface area (Å²) in [5.74, 6) is -0.328. The monoisotopic (exact) mass is 332 g/mol. The molecule has 0 aliphatic rings. The second kappa shape index (κ2) is 5.87. The van der Waals surface area contributed by atoms with E-state index in [9.17, 15) is 14.3 Å². The molecule has 1 N–H and O–H groups in total. The van der Waals surface area contributed by atoms with Crippen LogP contribution >= 0.6 is 0 Å². The summed E-state index contributed by atoms with van der Waals surface area (Å²) in [6.45, 7) is 0. The van der Waals surface area contributed by atoms with Crippen molar-refractivity contribution in [3.05, 3.63) is 90.0 Å². The summed E-state index contributed by atoms with van der Waals surface area (Å²) in [5.41, 5.74) is 2.52. The molecule has 0 bridgehead atoms. The number of carbonyl (C=O) groups excluding carboxylic acids is 1. The predicted octanol–water partition coefficient (Wildman–Crippen LogP) is 4.10. The van der Waals surface area contributed by atoms with Gasteiger partial charge in [0.25, 0.3) is 0 Å². The third kappa shape index (κ3) is 2.65. The molecule has 25 heavy (non-hydrogen) atoms. The van der Waals surface area contributed by atoms with E-state index in [0.29, 0.717) is 16.8 Å². The Hall–Kier alpha value is -3.47. The normalized spacial score (nSPS) is 10.9. The molecule has 0 unspecified atom stereocenters. The summed E-state index contributed by atoms with van der Waals surface area (Å²) >= 11 is 0. The molecule has 0 aliphatic carbocycles. The van der Waals surface area contributed by atoms with E-state index in [0.717, 1.165) is 5.52 Å². The molecule has 3 aromatic carbocycles. The molecule has 0 saturated carbocycles. The fourth-order valence-electron chi connectivity index (χ4n) is 2.77. The van der Waals surface area contributed by atoms with E-state index >= 15 is 0 Å². The van der Waals surface area contributed by atoms with E-state index in [1.165, 1.54) is 24.3 Å². The molecule has 0 radical (unpaired) electrons. The zero-order chi connectivity index (χ0) is 17.4. The number of hydrogen-bond donors (Lipinski definition) is 1. The fraction of sp³-hybridized carbons (Fsp3) is 0. The van der Waals surface area contributed by atoms with Crippen molar-refractivity contribution < 1.29 is 14.3 Å². The number of phenols is 1. The maximum absolute atomic E-state index is 13.1. The first-order valence-electron chi connectivity index (χ1n) is 7.70. The number of halogens is 1. The van der Waals surface area contributed by atoms with Crippen molar-refractivity contribution in [3.63, 3.8) is 0 Å². The van der Waals surface area contributed by atoms with Gasteiger partial charge in [0.05, 0.1) is 11.0 Å². The highest BCUT2D eigenvalue weighted by molar-refractivity contribution is 6.08. The van der Waals surface area contributed by atoms with Crippen LogP contribution in [0.2, 0.25) is 0 Å². The van der Waals surface area contributed by atoms with Crippen LogP contribution in [0.15, 0.2) is 72.8 Å². The maximum atomic E-state index is 13.1. The molecule has 0 atom stereocenters. The van der Waals surface area contributed by atoms with Crippen molar-refractivity contribution >= 4 is 16.8 Å². The van der Waals surface area contributed by atoms with Gasteiger partial charge in [-0.1, -0.05) is 12.1 Å². The highest BCUT2D eigenvalue weighted by atomic mass is 19.1. The first-order valence-corrected chi connectivity index (χ1v) is 7.70. The maximum Gasteiger partial charge on any atom is 0.228 e. The van der Waals surface area contributed by atoms with Crippen LogP contribution in [0.25, 0.3) is 16.7 Å². The number of phenolic OH excluding ortho intramolecular Hbond substituents is 1. The zero-order valence-electron chi connectivity index (χ0n) is 13.1. The van der Waals surface area contributed by atoms with Crippen molar-refractivity contribution in [1.29, 1.82) is 0 Å². The molecule has 0 spiro atoms. The van der Waals surface area contributed by atoms with Crippen molar-refractivity contribution in [2.45, 2.75) is 0 Å². The van der Waals surface area contributed by atoms with Gasteiger partial charge in [0.15, 0.2) is 5.82 Å². The summed E-state index contributed by atoms with van der Waals surface area (Å²) in [7, 11) is 0. The lowest BCUT2D eigenvalue weighted by atomic mass is 10.1. The molecular formula is C20H13FN2O2. The van der Waals surface area contributed by atoms with Crippen LogP contribution in [0.3, 0.4) is 0 Å². The van der Waals surface area contributed by atoms with Crippen molar-refractivity contribution in [2.75, 3.05) is 0 Å². The Bertz CT molecular complexity index is 1070. The van der Waals surface area contributed by atoms with Crippen molar-refractivity contribution in [3.8, 4) is 11.4 Å². The van der Waals surface area contributed by atoms with E-state index < -0.39 is 5.82 Å². The van der Waals surface area contributed by atoms with Gasteiger partial charge in [-0.2, -0.15) is 0 Å². The van der Waals surface area contributed by atoms with Crippen molar-refractivity contribution in [2.24, 2.45) is 0 Å². The van der Waals surface area contributed by atoms with Gasteiger partial charge < -0.3 is 5.11 Å².